The molecule has 90 valence electrons. The molecule has 0 aliphatic heterocycles. The van der Waals surface area contributed by atoms with E-state index in [2.05, 4.69) is 5.32 Å². The van der Waals surface area contributed by atoms with Crippen LogP contribution in [-0.2, 0) is 0 Å². The largest absolute Gasteiger partial charge is 0.472 e. The number of halogens is 2. The third-order valence-electron chi connectivity index (χ3n) is 2.58. The number of rotatable bonds is 4. The Labute approximate surface area is 104 Å². The van der Waals surface area contributed by atoms with Crippen LogP contribution < -0.4 is 5.32 Å². The van der Waals surface area contributed by atoms with Crippen LogP contribution in [0, 0.1) is 5.82 Å². The summed E-state index contributed by atoms with van der Waals surface area (Å²) < 4.78 is 18.5. The molecule has 1 unspecified atom stereocenters. The molecule has 0 saturated heterocycles. The first-order valence-corrected chi connectivity index (χ1v) is 5.81. The predicted octanol–water partition coefficient (Wildman–Crippen LogP) is 3.77. The zero-order valence-electron chi connectivity index (χ0n) is 9.41. The second-order valence-electron chi connectivity index (χ2n) is 3.69. The summed E-state index contributed by atoms with van der Waals surface area (Å²) in [6, 6.07) is 6.51. The summed E-state index contributed by atoms with van der Waals surface area (Å²) in [7, 11) is 0. The van der Waals surface area contributed by atoms with Gasteiger partial charge in [-0.15, -0.1) is 0 Å². The van der Waals surface area contributed by atoms with Crippen LogP contribution in [-0.4, -0.2) is 6.54 Å². The molecule has 2 aromatic rings. The van der Waals surface area contributed by atoms with Crippen LogP contribution in [0.2, 0.25) is 5.02 Å². The number of benzene rings is 1. The molecule has 0 saturated carbocycles. The van der Waals surface area contributed by atoms with E-state index in [-0.39, 0.29) is 11.1 Å². The van der Waals surface area contributed by atoms with Gasteiger partial charge in [-0.05, 0) is 24.2 Å². The first-order chi connectivity index (χ1) is 8.24. The third kappa shape index (κ3) is 2.51. The maximum Gasteiger partial charge on any atom is 0.142 e. The molecule has 0 fully saturated rings. The molecule has 0 radical (unpaired) electrons. The van der Waals surface area contributed by atoms with Gasteiger partial charge in [0, 0.05) is 5.56 Å². The third-order valence-corrected chi connectivity index (χ3v) is 2.98. The van der Waals surface area contributed by atoms with Gasteiger partial charge in [0.1, 0.15) is 5.82 Å². The Morgan fingerprint density at radius 1 is 1.41 bits per heavy atom. The molecule has 1 heterocycles. The van der Waals surface area contributed by atoms with E-state index < -0.39 is 5.82 Å². The molecule has 17 heavy (non-hydrogen) atoms. The monoisotopic (exact) mass is 253 g/mol. The van der Waals surface area contributed by atoms with E-state index in [0.29, 0.717) is 0 Å². The second kappa shape index (κ2) is 5.34. The van der Waals surface area contributed by atoms with Gasteiger partial charge in [-0.2, -0.15) is 0 Å². The lowest BCUT2D eigenvalue weighted by Crippen LogP contribution is -2.22. The number of hydrogen-bond acceptors (Lipinski definition) is 2. The molecule has 0 aliphatic rings. The van der Waals surface area contributed by atoms with Crippen molar-refractivity contribution in [2.24, 2.45) is 0 Å². The summed E-state index contributed by atoms with van der Waals surface area (Å²) in [6.45, 7) is 2.74. The highest BCUT2D eigenvalue weighted by atomic mass is 35.5. The van der Waals surface area contributed by atoms with Crippen molar-refractivity contribution in [1.29, 1.82) is 0 Å². The number of furan rings is 1. The van der Waals surface area contributed by atoms with Gasteiger partial charge in [-0.25, -0.2) is 4.39 Å². The summed E-state index contributed by atoms with van der Waals surface area (Å²) in [5, 5.41) is 3.41. The van der Waals surface area contributed by atoms with Crippen LogP contribution in [0.1, 0.15) is 24.1 Å². The highest BCUT2D eigenvalue weighted by Crippen LogP contribution is 2.30. The lowest BCUT2D eigenvalue weighted by molar-refractivity contribution is 0.551. The fourth-order valence-corrected chi connectivity index (χ4v) is 2.03. The molecule has 4 heteroatoms. The Morgan fingerprint density at radius 2 is 2.24 bits per heavy atom. The molecule has 1 N–H and O–H groups in total. The fourth-order valence-electron chi connectivity index (χ4n) is 1.79. The summed E-state index contributed by atoms with van der Waals surface area (Å²) in [6.07, 6.45) is 3.22. The van der Waals surface area contributed by atoms with Crippen molar-refractivity contribution in [1.82, 2.24) is 5.32 Å². The average molecular weight is 254 g/mol. The minimum Gasteiger partial charge on any atom is -0.472 e. The van der Waals surface area contributed by atoms with Crippen LogP contribution in [0.4, 0.5) is 4.39 Å². The van der Waals surface area contributed by atoms with Crippen molar-refractivity contribution < 1.29 is 8.81 Å². The van der Waals surface area contributed by atoms with Gasteiger partial charge in [0.25, 0.3) is 0 Å². The van der Waals surface area contributed by atoms with Gasteiger partial charge < -0.3 is 9.73 Å². The highest BCUT2D eigenvalue weighted by molar-refractivity contribution is 6.31. The van der Waals surface area contributed by atoms with Gasteiger partial charge in [-0.1, -0.05) is 30.7 Å². The average Bonchev–Trinajstić information content (AvgIpc) is 2.84. The Bertz CT molecular complexity index is 484. The Balaban J connectivity index is 2.43. The molecule has 1 aromatic heterocycles. The van der Waals surface area contributed by atoms with E-state index in [1.807, 2.05) is 19.1 Å². The van der Waals surface area contributed by atoms with E-state index in [0.717, 1.165) is 17.7 Å². The van der Waals surface area contributed by atoms with Gasteiger partial charge >= 0.3 is 0 Å². The number of nitrogens with one attached hydrogen (secondary N) is 1. The Hall–Kier alpha value is -1.32. The van der Waals surface area contributed by atoms with Crippen molar-refractivity contribution in [2.75, 3.05) is 6.54 Å². The van der Waals surface area contributed by atoms with Gasteiger partial charge in [0.15, 0.2) is 0 Å². The van der Waals surface area contributed by atoms with E-state index in [1.165, 1.54) is 6.07 Å². The highest BCUT2D eigenvalue weighted by Gasteiger charge is 2.18. The first kappa shape index (κ1) is 12.1. The maximum absolute atomic E-state index is 13.4. The summed E-state index contributed by atoms with van der Waals surface area (Å²) in [5.41, 5.74) is 1.65. The van der Waals surface area contributed by atoms with E-state index >= 15 is 0 Å². The predicted molar refractivity (Wildman–Crippen MR) is 65.6 cm³/mol. The van der Waals surface area contributed by atoms with Crippen molar-refractivity contribution in [3.63, 3.8) is 0 Å². The summed E-state index contributed by atoms with van der Waals surface area (Å²) >= 11 is 5.99. The molecule has 1 aromatic carbocycles. The molecule has 0 spiro atoms. The minimum absolute atomic E-state index is 0.151. The fraction of sp³-hybridized carbons (Fsp3) is 0.231. The van der Waals surface area contributed by atoms with Crippen molar-refractivity contribution in [3.05, 3.63) is 58.8 Å². The van der Waals surface area contributed by atoms with Crippen LogP contribution in [0.25, 0.3) is 0 Å². The topological polar surface area (TPSA) is 25.2 Å². The SMILES string of the molecule is CCNC(c1ccoc1)c1cccc(F)c1Cl. The molecular weight excluding hydrogens is 241 g/mol. The molecule has 0 amide bonds. The van der Waals surface area contributed by atoms with Crippen LogP contribution in [0.15, 0.2) is 41.2 Å². The smallest absolute Gasteiger partial charge is 0.142 e. The Kier molecular flexibility index (Phi) is 3.82. The van der Waals surface area contributed by atoms with Crippen LogP contribution >= 0.6 is 11.6 Å². The van der Waals surface area contributed by atoms with E-state index in [9.17, 15) is 4.39 Å². The van der Waals surface area contributed by atoms with E-state index in [1.54, 1.807) is 18.6 Å². The van der Waals surface area contributed by atoms with Crippen molar-refractivity contribution >= 4 is 11.6 Å². The van der Waals surface area contributed by atoms with Gasteiger partial charge in [0.05, 0.1) is 23.6 Å². The molecule has 1 atom stereocenters. The Morgan fingerprint density at radius 3 is 2.88 bits per heavy atom. The normalized spacial score (nSPS) is 12.6. The zero-order chi connectivity index (χ0) is 12.3. The maximum atomic E-state index is 13.4. The molecular formula is C13H13ClFNO. The number of hydrogen-bond donors (Lipinski definition) is 1. The molecule has 0 aliphatic carbocycles. The van der Waals surface area contributed by atoms with Crippen molar-refractivity contribution in [2.45, 2.75) is 13.0 Å². The van der Waals surface area contributed by atoms with E-state index in [4.69, 9.17) is 16.0 Å². The van der Waals surface area contributed by atoms with Gasteiger partial charge in [0.2, 0.25) is 0 Å². The first-order valence-electron chi connectivity index (χ1n) is 5.43. The second-order valence-corrected chi connectivity index (χ2v) is 4.07. The van der Waals surface area contributed by atoms with Crippen LogP contribution in [0.3, 0.4) is 0 Å². The quantitative estimate of drug-likeness (QED) is 0.897. The lowest BCUT2D eigenvalue weighted by Gasteiger charge is -2.18. The summed E-state index contributed by atoms with van der Waals surface area (Å²) in [4.78, 5) is 0. The van der Waals surface area contributed by atoms with Gasteiger partial charge in [-0.3, -0.25) is 0 Å². The zero-order valence-corrected chi connectivity index (χ0v) is 10.2. The molecule has 2 nitrogen and oxygen atoms in total. The standard InChI is InChI=1S/C13H13ClFNO/c1-2-16-13(9-6-7-17-8-9)10-4-3-5-11(15)12(10)14/h3-8,13,16H,2H2,1H3. The summed E-state index contributed by atoms with van der Waals surface area (Å²) in [5.74, 6) is -0.407. The molecule has 2 rings (SSSR count). The molecule has 0 bridgehead atoms. The van der Waals surface area contributed by atoms with Crippen molar-refractivity contribution in [3.8, 4) is 0 Å². The van der Waals surface area contributed by atoms with Crippen LogP contribution in [0.5, 0.6) is 0 Å². The lowest BCUT2D eigenvalue weighted by atomic mass is 10.0. The minimum atomic E-state index is -0.407.